The normalized spacial score (nSPS) is 11.0. The minimum atomic E-state index is -0.213. The number of hydrogen-bond donors (Lipinski definition) is 2. The van der Waals surface area contributed by atoms with E-state index in [1.54, 1.807) is 0 Å². The molecule has 0 aliphatic carbocycles. The van der Waals surface area contributed by atoms with Crippen molar-refractivity contribution in [3.05, 3.63) is 24.3 Å². The molecule has 3 N–H and O–H groups in total. The fourth-order valence-electron chi connectivity index (χ4n) is 1.29. The van der Waals surface area contributed by atoms with Crippen molar-refractivity contribution in [3.63, 3.8) is 0 Å². The zero-order chi connectivity index (χ0) is 12.9. The van der Waals surface area contributed by atoms with E-state index < -0.39 is 0 Å². The second-order valence-corrected chi connectivity index (χ2v) is 5.57. The van der Waals surface area contributed by atoms with Crippen LogP contribution in [0.1, 0.15) is 27.7 Å². The second kappa shape index (κ2) is 7.49. The van der Waals surface area contributed by atoms with E-state index >= 15 is 0 Å². The fraction of sp³-hybridized carbons (Fsp3) is 0.571. The molecule has 0 aliphatic rings. The van der Waals surface area contributed by atoms with Crippen LogP contribution in [0.25, 0.3) is 0 Å². The number of anilines is 1. The van der Waals surface area contributed by atoms with Crippen molar-refractivity contribution in [2.24, 2.45) is 11.7 Å². The highest BCUT2D eigenvalue weighted by Crippen LogP contribution is 2.18. The third kappa shape index (κ3) is 7.41. The third-order valence-corrected chi connectivity index (χ3v) is 2.17. The van der Waals surface area contributed by atoms with Crippen molar-refractivity contribution in [2.45, 2.75) is 33.2 Å². The average molecular weight is 273 g/mol. The predicted octanol–water partition coefficient (Wildman–Crippen LogP) is 3.29. The largest absolute Gasteiger partial charge is 0.493 e. The lowest BCUT2D eigenvalue weighted by Gasteiger charge is -2.20. The highest BCUT2D eigenvalue weighted by atomic mass is 35.5. The predicted molar refractivity (Wildman–Crippen MR) is 80.8 cm³/mol. The number of hydrogen-bond acceptors (Lipinski definition) is 3. The molecule has 0 bridgehead atoms. The van der Waals surface area contributed by atoms with Crippen LogP contribution in [0.15, 0.2) is 24.3 Å². The Balaban J connectivity index is 0.00000289. The molecule has 0 aromatic heterocycles. The van der Waals surface area contributed by atoms with Gasteiger partial charge in [0.15, 0.2) is 0 Å². The minimum absolute atomic E-state index is 0. The van der Waals surface area contributed by atoms with Crippen LogP contribution in [-0.2, 0) is 0 Å². The molecule has 104 valence electrons. The van der Waals surface area contributed by atoms with E-state index in [0.29, 0.717) is 5.92 Å². The van der Waals surface area contributed by atoms with Crippen LogP contribution < -0.4 is 15.8 Å². The average Bonchev–Trinajstić information content (AvgIpc) is 2.23. The highest BCUT2D eigenvalue weighted by molar-refractivity contribution is 5.85. The summed E-state index contributed by atoms with van der Waals surface area (Å²) in [6.07, 6.45) is 0. The molecule has 0 saturated carbocycles. The lowest BCUT2D eigenvalue weighted by Crippen LogP contribution is -2.39. The van der Waals surface area contributed by atoms with Crippen molar-refractivity contribution in [2.75, 3.05) is 18.5 Å². The van der Waals surface area contributed by atoms with E-state index in [4.69, 9.17) is 10.5 Å². The summed E-state index contributed by atoms with van der Waals surface area (Å²) >= 11 is 0. The maximum Gasteiger partial charge on any atom is 0.121 e. The summed E-state index contributed by atoms with van der Waals surface area (Å²) in [5.74, 6) is 1.44. The molecule has 1 aromatic rings. The molecule has 0 aliphatic heterocycles. The van der Waals surface area contributed by atoms with Crippen LogP contribution in [0.3, 0.4) is 0 Å². The Morgan fingerprint density at radius 3 is 2.56 bits per heavy atom. The van der Waals surface area contributed by atoms with Gasteiger partial charge in [0.2, 0.25) is 0 Å². The molecule has 0 atom stereocenters. The summed E-state index contributed by atoms with van der Waals surface area (Å²) in [6.45, 7) is 9.75. The van der Waals surface area contributed by atoms with Crippen LogP contribution >= 0.6 is 12.4 Å². The van der Waals surface area contributed by atoms with E-state index in [1.165, 1.54) is 0 Å². The van der Waals surface area contributed by atoms with Gasteiger partial charge in [0.05, 0.1) is 6.61 Å². The first-order chi connectivity index (χ1) is 7.87. The number of benzene rings is 1. The van der Waals surface area contributed by atoms with E-state index in [9.17, 15) is 0 Å². The number of halogens is 1. The molecule has 0 spiro atoms. The molecule has 0 heterocycles. The standard InChI is InChI=1S/C14H24N2O.ClH/c1-11(2)9-17-13-7-5-6-12(8-13)16-10-14(3,4)15;/h5-8,11,16H,9-10,15H2,1-4H3;1H. The van der Waals surface area contributed by atoms with Gasteiger partial charge < -0.3 is 15.8 Å². The van der Waals surface area contributed by atoms with Crippen molar-refractivity contribution < 1.29 is 4.74 Å². The van der Waals surface area contributed by atoms with E-state index in [-0.39, 0.29) is 17.9 Å². The molecule has 0 unspecified atom stereocenters. The van der Waals surface area contributed by atoms with E-state index in [0.717, 1.165) is 24.6 Å². The summed E-state index contributed by atoms with van der Waals surface area (Å²) in [7, 11) is 0. The summed E-state index contributed by atoms with van der Waals surface area (Å²) in [6, 6.07) is 7.99. The first kappa shape index (κ1) is 17.1. The zero-order valence-corrected chi connectivity index (χ0v) is 12.5. The van der Waals surface area contributed by atoms with Crippen molar-refractivity contribution >= 4 is 18.1 Å². The maximum absolute atomic E-state index is 5.93. The Morgan fingerprint density at radius 2 is 2.00 bits per heavy atom. The van der Waals surface area contributed by atoms with Gasteiger partial charge in [-0.3, -0.25) is 0 Å². The number of rotatable bonds is 6. The monoisotopic (exact) mass is 272 g/mol. The lowest BCUT2D eigenvalue weighted by atomic mass is 10.1. The number of ether oxygens (including phenoxy) is 1. The Hall–Kier alpha value is -0.930. The molecule has 0 fully saturated rings. The Morgan fingerprint density at radius 1 is 1.33 bits per heavy atom. The third-order valence-electron chi connectivity index (χ3n) is 2.17. The van der Waals surface area contributed by atoms with Gasteiger partial charge in [0, 0.05) is 23.8 Å². The van der Waals surface area contributed by atoms with E-state index in [1.807, 2.05) is 38.1 Å². The summed E-state index contributed by atoms with van der Waals surface area (Å²) in [5.41, 5.74) is 6.76. The first-order valence-corrected chi connectivity index (χ1v) is 6.12. The molecule has 18 heavy (non-hydrogen) atoms. The molecule has 0 amide bonds. The molecular weight excluding hydrogens is 248 g/mol. The Bertz CT molecular complexity index is 348. The number of nitrogens with two attached hydrogens (primary N) is 1. The van der Waals surface area contributed by atoms with Gasteiger partial charge in [0.1, 0.15) is 5.75 Å². The minimum Gasteiger partial charge on any atom is -0.493 e. The molecule has 1 aromatic carbocycles. The maximum atomic E-state index is 5.93. The second-order valence-electron chi connectivity index (χ2n) is 5.57. The van der Waals surface area contributed by atoms with Crippen LogP contribution in [0.2, 0.25) is 0 Å². The van der Waals surface area contributed by atoms with Crippen molar-refractivity contribution in [1.82, 2.24) is 0 Å². The van der Waals surface area contributed by atoms with Crippen LogP contribution in [0.5, 0.6) is 5.75 Å². The molecule has 0 saturated heterocycles. The molecule has 0 radical (unpaired) electrons. The highest BCUT2D eigenvalue weighted by Gasteiger charge is 2.09. The summed E-state index contributed by atoms with van der Waals surface area (Å²) in [4.78, 5) is 0. The van der Waals surface area contributed by atoms with Crippen LogP contribution in [-0.4, -0.2) is 18.7 Å². The van der Waals surface area contributed by atoms with Gasteiger partial charge in [-0.05, 0) is 31.9 Å². The van der Waals surface area contributed by atoms with Gasteiger partial charge in [0.25, 0.3) is 0 Å². The number of nitrogens with one attached hydrogen (secondary N) is 1. The van der Waals surface area contributed by atoms with Gasteiger partial charge in [-0.1, -0.05) is 19.9 Å². The summed E-state index contributed by atoms with van der Waals surface area (Å²) < 4.78 is 5.67. The smallest absolute Gasteiger partial charge is 0.121 e. The molecular formula is C14H25ClN2O. The molecule has 1 rings (SSSR count). The Kier molecular flexibility index (Phi) is 7.11. The quantitative estimate of drug-likeness (QED) is 0.835. The van der Waals surface area contributed by atoms with Gasteiger partial charge in [-0.15, -0.1) is 12.4 Å². The lowest BCUT2D eigenvalue weighted by molar-refractivity contribution is 0.271. The van der Waals surface area contributed by atoms with E-state index in [2.05, 4.69) is 19.2 Å². The van der Waals surface area contributed by atoms with Crippen molar-refractivity contribution in [3.8, 4) is 5.75 Å². The Labute approximate surface area is 117 Å². The molecule has 3 nitrogen and oxygen atoms in total. The topological polar surface area (TPSA) is 47.3 Å². The fourth-order valence-corrected chi connectivity index (χ4v) is 1.29. The zero-order valence-electron chi connectivity index (χ0n) is 11.7. The van der Waals surface area contributed by atoms with Gasteiger partial charge in [-0.25, -0.2) is 0 Å². The van der Waals surface area contributed by atoms with Gasteiger partial charge >= 0.3 is 0 Å². The molecule has 4 heteroatoms. The van der Waals surface area contributed by atoms with Gasteiger partial charge in [-0.2, -0.15) is 0 Å². The summed E-state index contributed by atoms with van der Waals surface area (Å²) in [5, 5.41) is 3.31. The van der Waals surface area contributed by atoms with Crippen LogP contribution in [0, 0.1) is 5.92 Å². The first-order valence-electron chi connectivity index (χ1n) is 6.12. The van der Waals surface area contributed by atoms with Crippen LogP contribution in [0.4, 0.5) is 5.69 Å². The van der Waals surface area contributed by atoms with Crippen molar-refractivity contribution in [1.29, 1.82) is 0 Å². The SMILES string of the molecule is CC(C)COc1cccc(NCC(C)(C)N)c1.Cl.